The lowest BCUT2D eigenvalue weighted by molar-refractivity contribution is -0.134. The van der Waals surface area contributed by atoms with E-state index in [0.29, 0.717) is 34.7 Å². The molecule has 3 aromatic rings. The molecule has 1 aromatic heterocycles. The van der Waals surface area contributed by atoms with Crippen LogP contribution in [0.1, 0.15) is 31.2 Å². The lowest BCUT2D eigenvalue weighted by atomic mass is 9.72. The Morgan fingerprint density at radius 2 is 1.74 bits per heavy atom. The maximum atomic E-state index is 12.7. The number of aromatic nitrogens is 2. The van der Waals surface area contributed by atoms with Crippen molar-refractivity contribution >= 4 is 28.6 Å². The van der Waals surface area contributed by atoms with Crippen LogP contribution in [0.15, 0.2) is 42.5 Å². The van der Waals surface area contributed by atoms with Gasteiger partial charge in [0.05, 0.1) is 19.7 Å². The minimum atomic E-state index is -0.110. The molecule has 2 aromatic carbocycles. The monoisotopic (exact) mass is 475 g/mol. The molecule has 5 rings (SSSR count). The highest BCUT2D eigenvalue weighted by Gasteiger charge is 2.41. The summed E-state index contributed by atoms with van der Waals surface area (Å²) in [5.41, 5.74) is 8.23. The van der Waals surface area contributed by atoms with Crippen LogP contribution in [0.5, 0.6) is 11.5 Å². The van der Waals surface area contributed by atoms with E-state index in [-0.39, 0.29) is 11.3 Å². The number of hydrogen-bond donors (Lipinski definition) is 1. The van der Waals surface area contributed by atoms with Crippen LogP contribution in [0.25, 0.3) is 10.9 Å². The smallest absolute Gasteiger partial charge is 0.227 e. The van der Waals surface area contributed by atoms with Crippen molar-refractivity contribution in [1.29, 1.82) is 0 Å². The van der Waals surface area contributed by atoms with Crippen molar-refractivity contribution in [2.45, 2.75) is 31.1 Å². The van der Waals surface area contributed by atoms with Crippen molar-refractivity contribution in [3.63, 3.8) is 0 Å². The van der Waals surface area contributed by atoms with Crippen molar-refractivity contribution in [3.8, 4) is 11.5 Å². The van der Waals surface area contributed by atoms with Gasteiger partial charge in [-0.15, -0.1) is 0 Å². The number of amides is 1. The summed E-state index contributed by atoms with van der Waals surface area (Å²) < 4.78 is 10.9. The molecule has 2 heterocycles. The summed E-state index contributed by atoms with van der Waals surface area (Å²) in [7, 11) is 5.20. The van der Waals surface area contributed by atoms with E-state index in [9.17, 15) is 4.79 Å². The number of anilines is 2. The number of piperidine rings is 1. The van der Waals surface area contributed by atoms with E-state index in [4.69, 9.17) is 20.2 Å². The number of benzene rings is 2. The van der Waals surface area contributed by atoms with Crippen molar-refractivity contribution < 1.29 is 14.3 Å². The minimum absolute atomic E-state index is 0.110. The first-order chi connectivity index (χ1) is 16.9. The molecule has 1 saturated heterocycles. The van der Waals surface area contributed by atoms with E-state index in [1.807, 2.05) is 25.2 Å². The number of likely N-dealkylation sites (tertiary alicyclic amines) is 1. The highest BCUT2D eigenvalue weighted by molar-refractivity contribution is 5.91. The Balaban J connectivity index is 1.44. The van der Waals surface area contributed by atoms with E-state index in [0.717, 1.165) is 50.7 Å². The highest BCUT2D eigenvalue weighted by Crippen LogP contribution is 2.40. The fraction of sp³-hybridized carbons (Fsp3) is 0.444. The Bertz CT molecular complexity index is 1220. The van der Waals surface area contributed by atoms with Gasteiger partial charge in [0.2, 0.25) is 11.9 Å². The molecule has 1 amide bonds. The first-order valence-electron chi connectivity index (χ1n) is 12.2. The Hall–Kier alpha value is -3.55. The van der Waals surface area contributed by atoms with Crippen LogP contribution in [0, 0.1) is 5.92 Å². The molecule has 0 spiro atoms. The number of fused-ring (bicyclic) bond motifs is 1. The second kappa shape index (κ2) is 9.24. The first-order valence-corrected chi connectivity index (χ1v) is 12.2. The summed E-state index contributed by atoms with van der Waals surface area (Å²) in [6.07, 6.45) is 3.88. The summed E-state index contributed by atoms with van der Waals surface area (Å²) in [6.45, 7) is 2.27. The number of carbonyl (C=O) groups is 1. The summed E-state index contributed by atoms with van der Waals surface area (Å²) in [4.78, 5) is 26.3. The third-order valence-corrected chi connectivity index (χ3v) is 7.44. The predicted octanol–water partition coefficient (Wildman–Crippen LogP) is 3.64. The number of carbonyl (C=O) groups excluding carboxylic acids is 1. The molecule has 8 heteroatoms. The number of likely N-dealkylation sites (N-methyl/N-ethyl adjacent to an activating group) is 1. The Labute approximate surface area is 206 Å². The highest BCUT2D eigenvalue weighted by atomic mass is 16.5. The van der Waals surface area contributed by atoms with Gasteiger partial charge in [0, 0.05) is 49.5 Å². The van der Waals surface area contributed by atoms with Crippen LogP contribution >= 0.6 is 0 Å². The topological polar surface area (TPSA) is 93.8 Å². The van der Waals surface area contributed by atoms with E-state index in [2.05, 4.69) is 39.0 Å². The van der Waals surface area contributed by atoms with E-state index in [1.165, 1.54) is 5.56 Å². The van der Waals surface area contributed by atoms with E-state index in [1.54, 1.807) is 14.2 Å². The average molecular weight is 476 g/mol. The van der Waals surface area contributed by atoms with E-state index >= 15 is 0 Å². The number of hydrogen-bond acceptors (Lipinski definition) is 7. The fourth-order valence-corrected chi connectivity index (χ4v) is 5.24. The third kappa shape index (κ3) is 4.45. The molecule has 0 radical (unpaired) electrons. The van der Waals surface area contributed by atoms with Crippen molar-refractivity contribution in [2.24, 2.45) is 5.92 Å². The predicted molar refractivity (Wildman–Crippen MR) is 137 cm³/mol. The van der Waals surface area contributed by atoms with Crippen LogP contribution in [0.3, 0.4) is 0 Å². The molecule has 8 nitrogen and oxygen atoms in total. The molecular formula is C27H33N5O3. The molecule has 35 heavy (non-hydrogen) atoms. The Morgan fingerprint density at radius 1 is 1.09 bits per heavy atom. The van der Waals surface area contributed by atoms with E-state index < -0.39 is 0 Å². The molecule has 1 aliphatic heterocycles. The van der Waals surface area contributed by atoms with Gasteiger partial charge in [0.1, 0.15) is 5.82 Å². The van der Waals surface area contributed by atoms with Crippen LogP contribution in [-0.4, -0.2) is 61.7 Å². The summed E-state index contributed by atoms with van der Waals surface area (Å²) in [5, 5.41) is 0.726. The SMILES string of the molecule is COc1cc2nc(N(C)CC3(c4ccccc4)CCN(C(=O)C4CC4)CC3)nc(N)c2cc1OC. The molecule has 0 unspecified atom stereocenters. The van der Waals surface area contributed by atoms with Crippen LogP contribution in [0.2, 0.25) is 0 Å². The number of ether oxygens (including phenoxy) is 2. The standard InChI is InChI=1S/C27H33N5O3/c1-31(26-29-21-16-23(35-3)22(34-2)15-20(21)24(28)30-26)17-27(19-7-5-4-6-8-19)11-13-32(14-12-27)25(33)18-9-10-18/h4-8,15-16,18H,9-14,17H2,1-3H3,(H2,28,29,30). The largest absolute Gasteiger partial charge is 0.493 e. The fourth-order valence-electron chi connectivity index (χ4n) is 5.24. The van der Waals surface area contributed by atoms with Crippen LogP contribution in [0.4, 0.5) is 11.8 Å². The number of rotatable bonds is 7. The van der Waals surface area contributed by atoms with Crippen LogP contribution < -0.4 is 20.1 Å². The molecule has 0 atom stereocenters. The van der Waals surface area contributed by atoms with Crippen molar-refractivity contribution in [1.82, 2.24) is 14.9 Å². The second-order valence-electron chi connectivity index (χ2n) is 9.74. The zero-order chi connectivity index (χ0) is 24.6. The average Bonchev–Trinajstić information content (AvgIpc) is 3.74. The Kier molecular flexibility index (Phi) is 6.13. The number of nitrogens with two attached hydrogens (primary N) is 1. The molecule has 2 aliphatic rings. The van der Waals surface area contributed by atoms with Gasteiger partial charge in [-0.1, -0.05) is 30.3 Å². The lowest BCUT2D eigenvalue weighted by Crippen LogP contribution is -2.50. The van der Waals surface area contributed by atoms with Crippen molar-refractivity contribution in [2.75, 3.05) is 51.5 Å². The van der Waals surface area contributed by atoms with Gasteiger partial charge < -0.3 is 25.0 Å². The van der Waals surface area contributed by atoms with Gasteiger partial charge in [0.15, 0.2) is 11.5 Å². The van der Waals surface area contributed by atoms with Crippen LogP contribution in [-0.2, 0) is 10.2 Å². The normalized spacial score (nSPS) is 17.3. The molecule has 184 valence electrons. The zero-order valence-electron chi connectivity index (χ0n) is 20.7. The number of nitrogens with zero attached hydrogens (tertiary/aromatic N) is 4. The first kappa shape index (κ1) is 23.2. The minimum Gasteiger partial charge on any atom is -0.493 e. The Morgan fingerprint density at radius 3 is 2.37 bits per heavy atom. The molecule has 0 bridgehead atoms. The maximum Gasteiger partial charge on any atom is 0.227 e. The summed E-state index contributed by atoms with van der Waals surface area (Å²) >= 11 is 0. The van der Waals surface area contributed by atoms with Crippen molar-refractivity contribution in [3.05, 3.63) is 48.0 Å². The third-order valence-electron chi connectivity index (χ3n) is 7.44. The molecule has 1 saturated carbocycles. The van der Waals surface area contributed by atoms with Gasteiger partial charge in [0.25, 0.3) is 0 Å². The molecule has 2 N–H and O–H groups in total. The summed E-state index contributed by atoms with van der Waals surface area (Å²) in [6, 6.07) is 14.2. The van der Waals surface area contributed by atoms with Gasteiger partial charge in [-0.3, -0.25) is 4.79 Å². The van der Waals surface area contributed by atoms with Gasteiger partial charge >= 0.3 is 0 Å². The lowest BCUT2D eigenvalue weighted by Gasteiger charge is -2.44. The van der Waals surface area contributed by atoms with Gasteiger partial charge in [-0.25, -0.2) is 4.98 Å². The summed E-state index contributed by atoms with van der Waals surface area (Å²) in [5.74, 6) is 2.74. The maximum absolute atomic E-state index is 12.7. The quantitative estimate of drug-likeness (QED) is 0.558. The molecular weight excluding hydrogens is 442 g/mol. The van der Waals surface area contributed by atoms with Gasteiger partial charge in [-0.2, -0.15) is 4.98 Å². The number of nitrogen functional groups attached to an aromatic ring is 1. The zero-order valence-corrected chi connectivity index (χ0v) is 20.7. The van der Waals surface area contributed by atoms with Gasteiger partial charge in [-0.05, 0) is 37.3 Å². The molecule has 1 aliphatic carbocycles. The molecule has 2 fully saturated rings. The second-order valence-corrected chi connectivity index (χ2v) is 9.74. The number of methoxy groups -OCH3 is 2.